The molecule has 0 rings (SSSR count). The van der Waals surface area contributed by atoms with E-state index in [4.69, 9.17) is 4.74 Å². The van der Waals surface area contributed by atoms with Crippen LogP contribution in [0.1, 0.15) is 13.8 Å². The summed E-state index contributed by atoms with van der Waals surface area (Å²) in [7, 11) is -1.11. The minimum Gasteiger partial charge on any atom is -0.463 e. The Bertz CT molecular complexity index is 301. The maximum atomic E-state index is 11.6. The molecule has 0 spiro atoms. The van der Waals surface area contributed by atoms with Gasteiger partial charge in [0, 0.05) is 13.6 Å². The van der Waals surface area contributed by atoms with Gasteiger partial charge in [-0.05, 0) is 35.6 Å². The molecular weight excluding hydrogens is 331 g/mol. The van der Waals surface area contributed by atoms with Gasteiger partial charge in [0.25, 0.3) is 0 Å². The molecule has 0 aliphatic rings. The van der Waals surface area contributed by atoms with Crippen LogP contribution in [0.4, 0.5) is 0 Å². The van der Waals surface area contributed by atoms with Crippen molar-refractivity contribution in [3.05, 3.63) is 21.3 Å². The van der Waals surface area contributed by atoms with Gasteiger partial charge >= 0.3 is 5.97 Å². The van der Waals surface area contributed by atoms with Crippen LogP contribution in [0.15, 0.2) is 21.3 Å². The molecule has 0 atom stereocenters. The molecule has 0 aromatic heterocycles. The van der Waals surface area contributed by atoms with Gasteiger partial charge in [0.1, 0.15) is 0 Å². The molecule has 2 nitrogen and oxygen atoms in total. The number of ether oxygens (including phenoxy) is 1. The van der Waals surface area contributed by atoms with Crippen molar-refractivity contribution in [1.29, 1.82) is 0 Å². The van der Waals surface area contributed by atoms with Gasteiger partial charge in [0.15, 0.2) is 0 Å². The Balaban J connectivity index is 4.13. The summed E-state index contributed by atoms with van der Waals surface area (Å²) < 4.78 is 7.16. The standard InChI is InChI=1S/C12H21IO2Si/c1-10(9-13)8-11(2)12(14)15-6-7-16(3,4)5/h8-9H,6-7H2,1-5H3/b10-9+,11-8+. The van der Waals surface area contributed by atoms with E-state index in [2.05, 4.69) is 42.2 Å². The van der Waals surface area contributed by atoms with Gasteiger partial charge in [-0.25, -0.2) is 4.79 Å². The molecule has 0 aromatic rings. The van der Waals surface area contributed by atoms with Gasteiger partial charge in [-0.15, -0.1) is 0 Å². The summed E-state index contributed by atoms with van der Waals surface area (Å²) in [5.41, 5.74) is 1.74. The van der Waals surface area contributed by atoms with Crippen molar-refractivity contribution in [1.82, 2.24) is 0 Å². The van der Waals surface area contributed by atoms with E-state index >= 15 is 0 Å². The average Bonchev–Trinajstić information content (AvgIpc) is 2.15. The zero-order valence-corrected chi connectivity index (χ0v) is 13.9. The first-order valence-electron chi connectivity index (χ1n) is 5.38. The second-order valence-corrected chi connectivity index (χ2v) is 11.4. The lowest BCUT2D eigenvalue weighted by atomic mass is 10.2. The number of hydrogen-bond acceptors (Lipinski definition) is 2. The molecule has 0 radical (unpaired) electrons. The molecule has 0 aliphatic heterocycles. The van der Waals surface area contributed by atoms with E-state index in [9.17, 15) is 4.79 Å². The van der Waals surface area contributed by atoms with Crippen molar-refractivity contribution >= 4 is 36.6 Å². The predicted octanol–water partition coefficient (Wildman–Crippen LogP) is 4.15. The van der Waals surface area contributed by atoms with Crippen molar-refractivity contribution in [2.75, 3.05) is 6.61 Å². The Hall–Kier alpha value is -0.103. The van der Waals surface area contributed by atoms with Crippen LogP contribution in [0.2, 0.25) is 25.7 Å². The van der Waals surface area contributed by atoms with Gasteiger partial charge < -0.3 is 4.74 Å². The Kier molecular flexibility index (Phi) is 7.22. The first-order valence-corrected chi connectivity index (χ1v) is 10.3. The number of halogens is 1. The van der Waals surface area contributed by atoms with Crippen molar-refractivity contribution < 1.29 is 9.53 Å². The molecule has 0 amide bonds. The number of carbonyl (C=O) groups excluding carboxylic acids is 1. The summed E-state index contributed by atoms with van der Waals surface area (Å²) in [5, 5.41) is 0. The lowest BCUT2D eigenvalue weighted by Gasteiger charge is -2.15. The molecule has 0 aromatic carbocycles. The first-order chi connectivity index (χ1) is 7.26. The van der Waals surface area contributed by atoms with Crippen LogP contribution in [0.5, 0.6) is 0 Å². The smallest absolute Gasteiger partial charge is 0.333 e. The van der Waals surface area contributed by atoms with Crippen LogP contribution in [0.25, 0.3) is 0 Å². The maximum Gasteiger partial charge on any atom is 0.333 e. The average molecular weight is 352 g/mol. The molecule has 0 saturated heterocycles. The van der Waals surface area contributed by atoms with E-state index in [0.29, 0.717) is 12.2 Å². The third-order valence-electron chi connectivity index (χ3n) is 2.02. The molecule has 4 heteroatoms. The van der Waals surface area contributed by atoms with Crippen LogP contribution in [-0.4, -0.2) is 20.7 Å². The fourth-order valence-electron chi connectivity index (χ4n) is 0.996. The van der Waals surface area contributed by atoms with Crippen LogP contribution >= 0.6 is 22.6 Å². The highest BCUT2D eigenvalue weighted by atomic mass is 127. The van der Waals surface area contributed by atoms with Gasteiger partial charge in [0.2, 0.25) is 0 Å². The van der Waals surface area contributed by atoms with E-state index < -0.39 is 8.07 Å². The summed E-state index contributed by atoms with van der Waals surface area (Å²) >= 11 is 2.16. The third-order valence-corrected chi connectivity index (χ3v) is 4.71. The highest BCUT2D eigenvalue weighted by Crippen LogP contribution is 2.10. The fraction of sp³-hybridized carbons (Fsp3) is 0.583. The Labute approximate surface area is 113 Å². The van der Waals surface area contributed by atoms with Crippen molar-refractivity contribution in [3.8, 4) is 0 Å². The number of esters is 1. The summed E-state index contributed by atoms with van der Waals surface area (Å²) in [4.78, 5) is 11.6. The molecule has 16 heavy (non-hydrogen) atoms. The molecule has 0 heterocycles. The molecule has 0 unspecified atom stereocenters. The largest absolute Gasteiger partial charge is 0.463 e. The zero-order valence-electron chi connectivity index (χ0n) is 10.8. The molecular formula is C12H21IO2Si. The van der Waals surface area contributed by atoms with Crippen molar-refractivity contribution in [2.45, 2.75) is 39.5 Å². The predicted molar refractivity (Wildman–Crippen MR) is 80.6 cm³/mol. The minimum absolute atomic E-state index is 0.198. The molecule has 0 N–H and O–H groups in total. The number of carbonyl (C=O) groups is 1. The Morgan fingerprint density at radius 1 is 1.31 bits per heavy atom. The van der Waals surface area contributed by atoms with E-state index in [1.807, 2.05) is 17.1 Å². The zero-order chi connectivity index (χ0) is 12.8. The molecule has 0 aliphatic carbocycles. The van der Waals surface area contributed by atoms with Crippen LogP contribution in [0, 0.1) is 0 Å². The quantitative estimate of drug-likeness (QED) is 0.244. The maximum absolute atomic E-state index is 11.6. The van der Waals surface area contributed by atoms with Gasteiger partial charge in [-0.3, -0.25) is 0 Å². The Morgan fingerprint density at radius 2 is 1.88 bits per heavy atom. The highest BCUT2D eigenvalue weighted by Gasteiger charge is 2.14. The summed E-state index contributed by atoms with van der Waals surface area (Å²) in [5.74, 6) is -0.198. The second kappa shape index (κ2) is 7.27. The molecule has 0 saturated carbocycles. The first kappa shape index (κ1) is 15.9. The van der Waals surface area contributed by atoms with E-state index in [1.165, 1.54) is 0 Å². The highest BCUT2D eigenvalue weighted by molar-refractivity contribution is 14.1. The monoisotopic (exact) mass is 352 g/mol. The molecule has 0 bridgehead atoms. The van der Waals surface area contributed by atoms with Crippen LogP contribution < -0.4 is 0 Å². The van der Waals surface area contributed by atoms with Gasteiger partial charge in [0.05, 0.1) is 6.61 Å². The number of allylic oxidation sites excluding steroid dienone is 2. The van der Waals surface area contributed by atoms with Crippen molar-refractivity contribution in [2.24, 2.45) is 0 Å². The van der Waals surface area contributed by atoms with E-state index in [0.717, 1.165) is 11.6 Å². The lowest BCUT2D eigenvalue weighted by Crippen LogP contribution is -2.22. The van der Waals surface area contributed by atoms with Gasteiger partial charge in [-0.2, -0.15) is 0 Å². The van der Waals surface area contributed by atoms with Crippen LogP contribution in [-0.2, 0) is 9.53 Å². The number of rotatable bonds is 5. The van der Waals surface area contributed by atoms with E-state index in [1.54, 1.807) is 6.92 Å². The molecule has 92 valence electrons. The van der Waals surface area contributed by atoms with Crippen molar-refractivity contribution in [3.63, 3.8) is 0 Å². The van der Waals surface area contributed by atoms with Gasteiger partial charge in [-0.1, -0.05) is 42.2 Å². The number of hydrogen-bond donors (Lipinski definition) is 0. The normalized spacial score (nSPS) is 13.9. The summed E-state index contributed by atoms with van der Waals surface area (Å²) in [6.45, 7) is 11.1. The Morgan fingerprint density at radius 3 is 2.31 bits per heavy atom. The molecule has 0 fully saturated rings. The van der Waals surface area contributed by atoms with Crippen LogP contribution in [0.3, 0.4) is 0 Å². The summed E-state index contributed by atoms with van der Waals surface area (Å²) in [6, 6.07) is 1.02. The lowest BCUT2D eigenvalue weighted by molar-refractivity contribution is -0.138. The summed E-state index contributed by atoms with van der Waals surface area (Å²) in [6.07, 6.45) is 1.85. The third kappa shape index (κ3) is 8.10. The van der Waals surface area contributed by atoms with E-state index in [-0.39, 0.29) is 5.97 Å². The topological polar surface area (TPSA) is 26.3 Å². The minimum atomic E-state index is -1.11. The SMILES string of the molecule is CC(=C\I)/C=C(\C)C(=O)OCC[Si](C)(C)C. The second-order valence-electron chi connectivity index (χ2n) is 5.13. The fourth-order valence-corrected chi connectivity index (χ4v) is 1.89.